The molecule has 0 heterocycles. The number of aryl methyl sites for hydroxylation is 1. The molecule has 3 amide bonds. The second-order valence-electron chi connectivity index (χ2n) is 8.43. The number of hydrazone groups is 1. The van der Waals surface area contributed by atoms with E-state index in [0.29, 0.717) is 22.6 Å². The van der Waals surface area contributed by atoms with E-state index in [1.54, 1.807) is 72.8 Å². The van der Waals surface area contributed by atoms with E-state index in [2.05, 4.69) is 37.1 Å². The number of amides is 3. The summed E-state index contributed by atoms with van der Waals surface area (Å²) in [7, 11) is 0. The Balaban J connectivity index is 1.31. The van der Waals surface area contributed by atoms with Crippen LogP contribution in [0.5, 0.6) is 5.75 Å². The molecule has 4 rings (SSSR count). The fourth-order valence-corrected chi connectivity index (χ4v) is 3.77. The van der Waals surface area contributed by atoms with E-state index in [1.165, 1.54) is 18.3 Å². The van der Waals surface area contributed by atoms with Crippen molar-refractivity contribution in [3.63, 3.8) is 0 Å². The van der Waals surface area contributed by atoms with Gasteiger partial charge in [-0.15, -0.1) is 0 Å². The SMILES string of the molecule is Cc1ccccc1C(=O)Oc1ccc(/C=N\NC(=O)C(=O)Nc2ccccc2C(=O)Nc2ccc(Br)cc2)cc1. The maximum absolute atomic E-state index is 12.7. The third-order valence-corrected chi connectivity index (χ3v) is 6.09. The van der Waals surface area contributed by atoms with Crippen LogP contribution in [-0.4, -0.2) is 29.9 Å². The van der Waals surface area contributed by atoms with Gasteiger partial charge in [0.2, 0.25) is 0 Å². The number of carbonyl (C=O) groups excluding carboxylic acids is 4. The molecule has 0 atom stereocenters. The van der Waals surface area contributed by atoms with Gasteiger partial charge in [0.15, 0.2) is 0 Å². The lowest BCUT2D eigenvalue weighted by molar-refractivity contribution is -0.136. The summed E-state index contributed by atoms with van der Waals surface area (Å²) in [5.41, 5.74) is 4.93. The Kier molecular flexibility index (Phi) is 9.16. The summed E-state index contributed by atoms with van der Waals surface area (Å²) >= 11 is 3.34. The van der Waals surface area contributed by atoms with Gasteiger partial charge < -0.3 is 15.4 Å². The van der Waals surface area contributed by atoms with Gasteiger partial charge in [0.05, 0.1) is 23.0 Å². The zero-order chi connectivity index (χ0) is 28.5. The smallest absolute Gasteiger partial charge is 0.343 e. The molecular formula is C30H23BrN4O5. The fraction of sp³-hybridized carbons (Fsp3) is 0.0333. The average Bonchev–Trinajstić information content (AvgIpc) is 2.95. The van der Waals surface area contributed by atoms with Crippen molar-refractivity contribution in [1.82, 2.24) is 5.43 Å². The third-order valence-electron chi connectivity index (χ3n) is 5.56. The van der Waals surface area contributed by atoms with E-state index in [4.69, 9.17) is 4.74 Å². The quantitative estimate of drug-likeness (QED) is 0.0872. The molecule has 0 spiro atoms. The predicted octanol–water partition coefficient (Wildman–Crippen LogP) is 5.32. The molecule has 0 aliphatic heterocycles. The van der Waals surface area contributed by atoms with Crippen LogP contribution in [0.15, 0.2) is 107 Å². The Bertz CT molecular complexity index is 1580. The molecular weight excluding hydrogens is 576 g/mol. The van der Waals surface area contributed by atoms with E-state index < -0.39 is 23.7 Å². The van der Waals surface area contributed by atoms with Crippen molar-refractivity contribution in [2.24, 2.45) is 5.10 Å². The highest BCUT2D eigenvalue weighted by atomic mass is 79.9. The zero-order valence-corrected chi connectivity index (χ0v) is 22.8. The van der Waals surface area contributed by atoms with E-state index in [9.17, 15) is 19.2 Å². The molecule has 0 radical (unpaired) electrons. The van der Waals surface area contributed by atoms with Crippen LogP contribution in [-0.2, 0) is 9.59 Å². The molecule has 0 aliphatic rings. The van der Waals surface area contributed by atoms with Crippen molar-refractivity contribution >= 4 is 57.2 Å². The number of halogens is 1. The minimum Gasteiger partial charge on any atom is -0.423 e. The topological polar surface area (TPSA) is 126 Å². The first kappa shape index (κ1) is 27.9. The van der Waals surface area contributed by atoms with Gasteiger partial charge in [-0.3, -0.25) is 14.4 Å². The van der Waals surface area contributed by atoms with Crippen LogP contribution in [0.25, 0.3) is 0 Å². The lowest BCUT2D eigenvalue weighted by Crippen LogP contribution is -2.33. The molecule has 10 heteroatoms. The molecule has 4 aromatic rings. The van der Waals surface area contributed by atoms with Gasteiger partial charge in [-0.05, 0) is 84.8 Å². The second-order valence-corrected chi connectivity index (χ2v) is 9.35. The monoisotopic (exact) mass is 598 g/mol. The number of carbonyl (C=O) groups is 4. The van der Waals surface area contributed by atoms with Gasteiger partial charge in [-0.1, -0.05) is 46.3 Å². The first-order valence-corrected chi connectivity index (χ1v) is 12.8. The van der Waals surface area contributed by atoms with Gasteiger partial charge in [0.25, 0.3) is 5.91 Å². The van der Waals surface area contributed by atoms with Crippen LogP contribution in [0.2, 0.25) is 0 Å². The molecule has 0 fully saturated rings. The van der Waals surface area contributed by atoms with Crippen LogP contribution in [0.3, 0.4) is 0 Å². The minimum absolute atomic E-state index is 0.164. The van der Waals surface area contributed by atoms with Gasteiger partial charge in [-0.2, -0.15) is 5.10 Å². The molecule has 0 aromatic heterocycles. The Labute approximate surface area is 238 Å². The maximum Gasteiger partial charge on any atom is 0.343 e. The molecule has 0 saturated heterocycles. The van der Waals surface area contributed by atoms with Crippen LogP contribution in [0.1, 0.15) is 31.8 Å². The fourth-order valence-electron chi connectivity index (χ4n) is 3.50. The molecule has 0 bridgehead atoms. The molecule has 40 heavy (non-hydrogen) atoms. The normalized spacial score (nSPS) is 10.6. The Morgan fingerprint density at radius 2 is 1.40 bits per heavy atom. The van der Waals surface area contributed by atoms with E-state index in [0.717, 1.165) is 10.0 Å². The Morgan fingerprint density at radius 1 is 0.750 bits per heavy atom. The van der Waals surface area contributed by atoms with Crippen LogP contribution < -0.4 is 20.8 Å². The largest absolute Gasteiger partial charge is 0.423 e. The van der Waals surface area contributed by atoms with E-state index in [1.807, 2.05) is 19.1 Å². The number of nitrogens with zero attached hydrogens (tertiary/aromatic N) is 1. The first-order chi connectivity index (χ1) is 19.3. The second kappa shape index (κ2) is 13.1. The van der Waals surface area contributed by atoms with E-state index in [-0.39, 0.29) is 11.3 Å². The molecule has 0 saturated carbocycles. The summed E-state index contributed by atoms with van der Waals surface area (Å²) in [5, 5.41) is 8.98. The van der Waals surface area contributed by atoms with Gasteiger partial charge in [-0.25, -0.2) is 10.2 Å². The molecule has 3 N–H and O–H groups in total. The summed E-state index contributed by atoms with van der Waals surface area (Å²) in [6.07, 6.45) is 1.33. The van der Waals surface area contributed by atoms with E-state index >= 15 is 0 Å². The van der Waals surface area contributed by atoms with Gasteiger partial charge in [0, 0.05) is 10.2 Å². The van der Waals surface area contributed by atoms with Crippen molar-refractivity contribution in [3.8, 4) is 5.75 Å². The summed E-state index contributed by atoms with van der Waals surface area (Å²) in [4.78, 5) is 49.8. The van der Waals surface area contributed by atoms with Crippen molar-refractivity contribution in [2.75, 3.05) is 10.6 Å². The summed E-state index contributed by atoms with van der Waals surface area (Å²) in [5.74, 6) is -2.60. The van der Waals surface area contributed by atoms with Crippen LogP contribution in [0.4, 0.5) is 11.4 Å². The summed E-state index contributed by atoms with van der Waals surface area (Å²) in [6, 6.07) is 26.9. The number of hydrogen-bond donors (Lipinski definition) is 3. The molecule has 200 valence electrons. The number of esters is 1. The minimum atomic E-state index is -1.02. The number of nitrogens with one attached hydrogen (secondary N) is 3. The number of hydrogen-bond acceptors (Lipinski definition) is 6. The van der Waals surface area contributed by atoms with Crippen molar-refractivity contribution in [3.05, 3.63) is 124 Å². The Hall–Kier alpha value is -5.09. The molecule has 0 unspecified atom stereocenters. The number of ether oxygens (including phenoxy) is 1. The number of para-hydroxylation sites is 1. The van der Waals surface area contributed by atoms with Crippen molar-refractivity contribution in [1.29, 1.82) is 0 Å². The van der Waals surface area contributed by atoms with Gasteiger partial charge in [0.1, 0.15) is 5.75 Å². The lowest BCUT2D eigenvalue weighted by atomic mass is 10.1. The predicted molar refractivity (Wildman–Crippen MR) is 155 cm³/mol. The van der Waals surface area contributed by atoms with Gasteiger partial charge >= 0.3 is 17.8 Å². The standard InChI is InChI=1S/C30H23BrN4O5/c1-19-6-2-3-7-24(19)30(39)40-23-16-10-20(11-17-23)18-32-35-29(38)28(37)34-26-9-5-4-8-25(26)27(36)33-22-14-12-21(31)13-15-22/h2-18H,1H3,(H,33,36)(H,34,37)(H,35,38)/b32-18-. The van der Waals surface area contributed by atoms with Crippen molar-refractivity contribution in [2.45, 2.75) is 6.92 Å². The average molecular weight is 599 g/mol. The molecule has 0 aliphatic carbocycles. The zero-order valence-electron chi connectivity index (χ0n) is 21.2. The first-order valence-electron chi connectivity index (χ1n) is 12.0. The summed E-state index contributed by atoms with van der Waals surface area (Å²) in [6.45, 7) is 1.82. The summed E-state index contributed by atoms with van der Waals surface area (Å²) < 4.78 is 6.26. The number of anilines is 2. The highest BCUT2D eigenvalue weighted by Crippen LogP contribution is 2.19. The molecule has 9 nitrogen and oxygen atoms in total. The van der Waals surface area contributed by atoms with Crippen molar-refractivity contribution < 1.29 is 23.9 Å². The maximum atomic E-state index is 12.7. The third kappa shape index (κ3) is 7.49. The number of rotatable bonds is 7. The Morgan fingerprint density at radius 3 is 2.10 bits per heavy atom. The lowest BCUT2D eigenvalue weighted by Gasteiger charge is -2.11. The molecule has 4 aromatic carbocycles. The highest BCUT2D eigenvalue weighted by Gasteiger charge is 2.18. The highest BCUT2D eigenvalue weighted by molar-refractivity contribution is 9.10. The van der Waals surface area contributed by atoms with Crippen LogP contribution in [0, 0.1) is 6.92 Å². The number of benzene rings is 4. The van der Waals surface area contributed by atoms with Crippen LogP contribution >= 0.6 is 15.9 Å².